The lowest BCUT2D eigenvalue weighted by atomic mass is 9.86. The van der Waals surface area contributed by atoms with E-state index in [1.54, 1.807) is 0 Å². The van der Waals surface area contributed by atoms with E-state index in [0.717, 1.165) is 12.8 Å². The summed E-state index contributed by atoms with van der Waals surface area (Å²) in [5.74, 6) is -60.1. The van der Waals surface area contributed by atoms with Crippen LogP contribution < -0.4 is 0 Å². The average molecular weight is 570 g/mol. The molecule has 0 rings (SSSR count). The molecule has 0 atom stereocenters. The summed E-state index contributed by atoms with van der Waals surface area (Å²) in [4.78, 5) is 0. The Morgan fingerprint density at radius 1 is 0.306 bits per heavy atom. The van der Waals surface area contributed by atoms with Crippen molar-refractivity contribution in [3.63, 3.8) is 0 Å². The van der Waals surface area contributed by atoms with E-state index >= 15 is 0 Å². The van der Waals surface area contributed by atoms with Crippen molar-refractivity contribution < 1.29 is 70.2 Å². The van der Waals surface area contributed by atoms with Gasteiger partial charge in [-0.2, -0.15) is 70.2 Å². The zero-order valence-electron chi connectivity index (χ0n) is 19.1. The first-order valence-electron chi connectivity index (χ1n) is 10.9. The Hall–Kier alpha value is -1.12. The van der Waals surface area contributed by atoms with Crippen molar-refractivity contribution in [2.45, 2.75) is 125 Å². The Balaban J connectivity index is 6.09. The molecule has 0 aliphatic carbocycles. The minimum absolute atomic E-state index is 0.125. The molecule has 0 aliphatic rings. The molecular weight excluding hydrogens is 544 g/mol. The Morgan fingerprint density at radius 3 is 0.917 bits per heavy atom. The molecule has 0 heterocycles. The van der Waals surface area contributed by atoms with Gasteiger partial charge in [0.2, 0.25) is 0 Å². The van der Waals surface area contributed by atoms with E-state index in [1.807, 2.05) is 6.92 Å². The lowest BCUT2D eigenvalue weighted by molar-refractivity contribution is -0.453. The van der Waals surface area contributed by atoms with Gasteiger partial charge in [-0.25, -0.2) is 0 Å². The zero-order chi connectivity index (χ0) is 29.1. The van der Waals surface area contributed by atoms with Crippen LogP contribution in [0.1, 0.15) is 78.1 Å². The Kier molecular flexibility index (Phi) is 11.0. The minimum Gasteiger partial charge on any atom is -0.200 e. The van der Waals surface area contributed by atoms with Gasteiger partial charge in [-0.05, 0) is 6.42 Å². The van der Waals surface area contributed by atoms with Crippen molar-refractivity contribution in [1.82, 2.24) is 0 Å². The predicted octanol–water partition coefficient (Wildman–Crippen LogP) is 10.0. The van der Waals surface area contributed by atoms with Gasteiger partial charge in [0.05, 0.1) is 0 Å². The largest absolute Gasteiger partial charge is 0.384 e. The maximum absolute atomic E-state index is 13.8. The second-order valence-electron chi connectivity index (χ2n) is 8.48. The maximum atomic E-state index is 13.8. The van der Waals surface area contributed by atoms with Crippen LogP contribution in [-0.2, 0) is 0 Å². The van der Waals surface area contributed by atoms with Crippen LogP contribution in [0.4, 0.5) is 70.2 Å². The van der Waals surface area contributed by atoms with Gasteiger partial charge in [0.25, 0.3) is 0 Å². The van der Waals surface area contributed by atoms with E-state index in [2.05, 4.69) is 0 Å². The summed E-state index contributed by atoms with van der Waals surface area (Å²) in [7, 11) is 0. The molecule has 16 heteroatoms. The van der Waals surface area contributed by atoms with Crippen molar-refractivity contribution in [2.75, 3.05) is 0 Å². The smallest absolute Gasteiger partial charge is 0.200 e. The van der Waals surface area contributed by atoms with Gasteiger partial charge < -0.3 is 0 Å². The van der Waals surface area contributed by atoms with E-state index in [9.17, 15) is 70.2 Å². The van der Waals surface area contributed by atoms with Crippen molar-refractivity contribution in [3.05, 3.63) is 0 Å². The van der Waals surface area contributed by atoms with Gasteiger partial charge in [-0.15, -0.1) is 0 Å². The molecule has 0 saturated carbocycles. The zero-order valence-corrected chi connectivity index (χ0v) is 19.1. The SMILES string of the molecule is CCCCCCCCCC(F)(F)C(F)(F)C(F)(F)C(F)(F)C(F)(F)C(F)(F)C(F)(F)C(F)(F)CCC. The fourth-order valence-corrected chi connectivity index (χ4v) is 3.18. The quantitative estimate of drug-likeness (QED) is 0.121. The van der Waals surface area contributed by atoms with Crippen molar-refractivity contribution in [2.24, 2.45) is 0 Å². The van der Waals surface area contributed by atoms with Crippen LogP contribution in [0, 0.1) is 0 Å². The molecule has 0 nitrogen and oxygen atoms in total. The molecule has 0 aliphatic heterocycles. The molecule has 0 N–H and O–H groups in total. The maximum Gasteiger partial charge on any atom is 0.384 e. The number of unbranched alkanes of at least 4 members (excludes halogenated alkanes) is 6. The third kappa shape index (κ3) is 5.80. The van der Waals surface area contributed by atoms with Crippen LogP contribution in [0.2, 0.25) is 0 Å². The minimum atomic E-state index is -8.33. The molecule has 36 heavy (non-hydrogen) atoms. The Bertz CT molecular complexity index is 683. The normalized spacial score (nSPS) is 15.5. The molecule has 0 unspecified atom stereocenters. The molecule has 0 aromatic heterocycles. The summed E-state index contributed by atoms with van der Waals surface area (Å²) in [6.45, 7) is 2.47. The van der Waals surface area contributed by atoms with Gasteiger partial charge in [0.15, 0.2) is 0 Å². The molecule has 0 fully saturated rings. The van der Waals surface area contributed by atoms with E-state index in [4.69, 9.17) is 0 Å². The van der Waals surface area contributed by atoms with Crippen LogP contribution in [0.5, 0.6) is 0 Å². The van der Waals surface area contributed by atoms with Crippen LogP contribution >= 0.6 is 0 Å². The third-order valence-electron chi connectivity index (χ3n) is 5.55. The van der Waals surface area contributed by atoms with Crippen molar-refractivity contribution in [1.29, 1.82) is 0 Å². The number of hydrogen-bond donors (Lipinski definition) is 0. The highest BCUT2D eigenvalue weighted by Crippen LogP contribution is 2.64. The highest BCUT2D eigenvalue weighted by Gasteiger charge is 2.94. The third-order valence-corrected chi connectivity index (χ3v) is 5.55. The molecule has 0 spiro atoms. The predicted molar refractivity (Wildman–Crippen MR) is 97.1 cm³/mol. The summed E-state index contributed by atoms with van der Waals surface area (Å²) in [5, 5.41) is 0. The Morgan fingerprint density at radius 2 is 0.583 bits per heavy atom. The van der Waals surface area contributed by atoms with Gasteiger partial charge in [0.1, 0.15) is 0 Å². The molecule has 0 aromatic carbocycles. The topological polar surface area (TPSA) is 0 Å². The van der Waals surface area contributed by atoms with Crippen molar-refractivity contribution >= 4 is 0 Å². The number of halogens is 16. The molecular formula is C20H26F16. The van der Waals surface area contributed by atoms with Gasteiger partial charge in [0, 0.05) is 12.8 Å². The molecule has 0 aromatic rings. The van der Waals surface area contributed by atoms with Crippen LogP contribution in [-0.4, -0.2) is 47.4 Å². The summed E-state index contributed by atoms with van der Waals surface area (Å²) >= 11 is 0. The highest BCUT2D eigenvalue weighted by molar-refractivity contribution is 5.15. The molecule has 0 amide bonds. The lowest BCUT2D eigenvalue weighted by Crippen LogP contribution is -2.74. The summed E-state index contributed by atoms with van der Waals surface area (Å²) in [6.07, 6.45) is -4.39. The summed E-state index contributed by atoms with van der Waals surface area (Å²) in [6, 6.07) is 0. The van der Waals surface area contributed by atoms with Crippen LogP contribution in [0.25, 0.3) is 0 Å². The highest BCUT2D eigenvalue weighted by atomic mass is 19.4. The van der Waals surface area contributed by atoms with Crippen LogP contribution in [0.3, 0.4) is 0 Å². The first kappa shape index (κ1) is 34.9. The first-order chi connectivity index (χ1) is 15.9. The fraction of sp³-hybridized carbons (Fsp3) is 1.00. The molecule has 218 valence electrons. The van der Waals surface area contributed by atoms with Crippen molar-refractivity contribution in [3.8, 4) is 0 Å². The first-order valence-corrected chi connectivity index (χ1v) is 10.9. The second-order valence-corrected chi connectivity index (χ2v) is 8.48. The van der Waals surface area contributed by atoms with Crippen LogP contribution in [0.15, 0.2) is 0 Å². The van der Waals surface area contributed by atoms with Gasteiger partial charge in [-0.1, -0.05) is 58.8 Å². The van der Waals surface area contributed by atoms with Gasteiger partial charge in [-0.3, -0.25) is 0 Å². The van der Waals surface area contributed by atoms with E-state index < -0.39 is 73.1 Å². The fourth-order valence-electron chi connectivity index (χ4n) is 3.18. The summed E-state index contributed by atoms with van der Waals surface area (Å²) in [5.41, 5.74) is 0. The number of rotatable bonds is 17. The van der Waals surface area contributed by atoms with Gasteiger partial charge >= 0.3 is 47.4 Å². The average Bonchev–Trinajstić information content (AvgIpc) is 2.71. The molecule has 0 radical (unpaired) electrons. The van der Waals surface area contributed by atoms with E-state index in [-0.39, 0.29) is 12.8 Å². The second kappa shape index (κ2) is 11.3. The Labute approximate surface area is 196 Å². The number of hydrogen-bond acceptors (Lipinski definition) is 0. The molecule has 0 bridgehead atoms. The standard InChI is InChI=1S/C20H26F16/c1-3-5-6-7-8-9-10-12-14(23,24)16(27,28)18(31,32)20(35,36)19(33,34)17(29,30)15(25,26)13(21,22)11-4-2/h3-12H2,1-2H3. The summed E-state index contributed by atoms with van der Waals surface area (Å²) < 4.78 is 219. The molecule has 0 saturated heterocycles. The van der Waals surface area contributed by atoms with E-state index in [1.165, 1.54) is 0 Å². The number of alkyl halides is 16. The van der Waals surface area contributed by atoms with E-state index in [0.29, 0.717) is 19.8 Å². The monoisotopic (exact) mass is 570 g/mol. The lowest BCUT2D eigenvalue weighted by Gasteiger charge is -2.43.